The van der Waals surface area contributed by atoms with E-state index in [2.05, 4.69) is 5.32 Å². The highest BCUT2D eigenvalue weighted by Gasteiger charge is 2.29. The van der Waals surface area contributed by atoms with Crippen molar-refractivity contribution in [1.29, 1.82) is 0 Å². The lowest BCUT2D eigenvalue weighted by Gasteiger charge is -2.16. The fraction of sp³-hybridized carbons (Fsp3) is 0.273. The maximum absolute atomic E-state index is 12.9. The van der Waals surface area contributed by atoms with Crippen LogP contribution >= 0.6 is 0 Å². The summed E-state index contributed by atoms with van der Waals surface area (Å²) in [5.74, 6) is 0.241. The summed E-state index contributed by atoms with van der Waals surface area (Å²) in [6.07, 6.45) is 1.23. The second-order valence-electron chi connectivity index (χ2n) is 6.86. The van der Waals surface area contributed by atoms with Gasteiger partial charge in [-0.15, -0.1) is 0 Å². The molecule has 144 valence electrons. The lowest BCUT2D eigenvalue weighted by Crippen LogP contribution is -2.32. The Hall–Kier alpha value is -3.28. The third kappa shape index (κ3) is 3.58. The molecule has 2 amide bonds. The van der Waals surface area contributed by atoms with Crippen molar-refractivity contribution in [3.63, 3.8) is 0 Å². The van der Waals surface area contributed by atoms with Gasteiger partial charge in [0.1, 0.15) is 17.0 Å². The third-order valence-electron chi connectivity index (χ3n) is 4.86. The van der Waals surface area contributed by atoms with Crippen molar-refractivity contribution in [2.75, 3.05) is 18.4 Å². The third-order valence-corrected chi connectivity index (χ3v) is 4.86. The summed E-state index contributed by atoms with van der Waals surface area (Å²) in [7, 11) is 0. The monoisotopic (exact) mass is 378 g/mol. The molecule has 2 aromatic carbocycles. The molecular weight excluding hydrogens is 356 g/mol. The highest BCUT2D eigenvalue weighted by atomic mass is 16.5. The van der Waals surface area contributed by atoms with Crippen LogP contribution in [0.4, 0.5) is 5.69 Å². The molecule has 1 fully saturated rings. The van der Waals surface area contributed by atoms with Gasteiger partial charge in [-0.3, -0.25) is 9.59 Å². The topological polar surface area (TPSA) is 71.8 Å². The van der Waals surface area contributed by atoms with Crippen molar-refractivity contribution in [3.8, 4) is 5.75 Å². The predicted octanol–water partition coefficient (Wildman–Crippen LogP) is 4.07. The molecule has 1 saturated heterocycles. The van der Waals surface area contributed by atoms with Crippen LogP contribution in [-0.4, -0.2) is 35.9 Å². The summed E-state index contributed by atoms with van der Waals surface area (Å²) in [4.78, 5) is 27.4. The summed E-state index contributed by atoms with van der Waals surface area (Å²) >= 11 is 0. The Morgan fingerprint density at radius 3 is 2.46 bits per heavy atom. The number of carbonyl (C=O) groups excluding carboxylic acids is 2. The van der Waals surface area contributed by atoms with Crippen molar-refractivity contribution in [1.82, 2.24) is 4.90 Å². The molecule has 6 heteroatoms. The molecule has 0 radical (unpaired) electrons. The standard InChI is InChI=1S/C22H22N2O4/c1-15(27-16-9-3-2-4-10-16)21(25)23-19-17-11-5-6-12-18(17)28-20(19)22(26)24-13-7-8-14-24/h2-6,9-12,15H,7-8,13-14H2,1H3,(H,23,25)/t15-/m0/s1. The second kappa shape index (κ2) is 7.76. The van der Waals surface area contributed by atoms with Gasteiger partial charge in [-0.25, -0.2) is 0 Å². The second-order valence-corrected chi connectivity index (χ2v) is 6.86. The van der Waals surface area contributed by atoms with Gasteiger partial charge in [-0.1, -0.05) is 30.3 Å². The van der Waals surface area contributed by atoms with Crippen molar-refractivity contribution >= 4 is 28.5 Å². The zero-order valence-electron chi connectivity index (χ0n) is 15.7. The molecule has 1 atom stereocenters. The van der Waals surface area contributed by atoms with Gasteiger partial charge < -0.3 is 19.4 Å². The van der Waals surface area contributed by atoms with Crippen LogP contribution in [0, 0.1) is 0 Å². The van der Waals surface area contributed by atoms with E-state index in [0.717, 1.165) is 12.8 Å². The number of nitrogens with one attached hydrogen (secondary N) is 1. The number of carbonyl (C=O) groups is 2. The van der Waals surface area contributed by atoms with Gasteiger partial charge in [0, 0.05) is 18.5 Å². The number of anilines is 1. The molecule has 2 heterocycles. The van der Waals surface area contributed by atoms with E-state index < -0.39 is 6.10 Å². The highest BCUT2D eigenvalue weighted by molar-refractivity contribution is 6.11. The quantitative estimate of drug-likeness (QED) is 0.726. The number of hydrogen-bond acceptors (Lipinski definition) is 4. The van der Waals surface area contributed by atoms with E-state index in [1.54, 1.807) is 30.0 Å². The number of nitrogens with zero attached hydrogens (tertiary/aromatic N) is 1. The molecule has 1 aliphatic heterocycles. The molecule has 0 spiro atoms. The number of fused-ring (bicyclic) bond motifs is 1. The average Bonchev–Trinajstić information content (AvgIpc) is 3.37. The molecule has 0 aliphatic carbocycles. The van der Waals surface area contributed by atoms with Gasteiger partial charge in [0.05, 0.1) is 0 Å². The Morgan fingerprint density at radius 2 is 1.71 bits per heavy atom. The maximum atomic E-state index is 12.9. The Balaban J connectivity index is 1.60. The average molecular weight is 378 g/mol. The van der Waals surface area contributed by atoms with Crippen LogP contribution in [0.2, 0.25) is 0 Å². The zero-order chi connectivity index (χ0) is 19.5. The number of likely N-dealkylation sites (tertiary alicyclic amines) is 1. The fourth-order valence-electron chi connectivity index (χ4n) is 3.37. The molecule has 4 rings (SSSR count). The van der Waals surface area contributed by atoms with Gasteiger partial charge in [0.2, 0.25) is 5.76 Å². The van der Waals surface area contributed by atoms with Crippen molar-refractivity contribution in [2.45, 2.75) is 25.9 Å². The van der Waals surface area contributed by atoms with Gasteiger partial charge in [-0.05, 0) is 44.0 Å². The number of furan rings is 1. The van der Waals surface area contributed by atoms with E-state index in [1.165, 1.54) is 0 Å². The molecular formula is C22H22N2O4. The summed E-state index contributed by atoms with van der Waals surface area (Å²) in [5.41, 5.74) is 0.970. The van der Waals surface area contributed by atoms with E-state index >= 15 is 0 Å². The van der Waals surface area contributed by atoms with Crippen LogP contribution in [0.1, 0.15) is 30.3 Å². The normalized spacial score (nSPS) is 14.8. The lowest BCUT2D eigenvalue weighted by molar-refractivity contribution is -0.122. The first-order valence-corrected chi connectivity index (χ1v) is 9.47. The number of para-hydroxylation sites is 2. The Labute approximate surface area is 163 Å². The Bertz CT molecular complexity index is 990. The van der Waals surface area contributed by atoms with Crippen molar-refractivity contribution in [2.24, 2.45) is 0 Å². The molecule has 0 saturated carbocycles. The highest BCUT2D eigenvalue weighted by Crippen LogP contribution is 2.32. The summed E-state index contributed by atoms with van der Waals surface area (Å²) in [6.45, 7) is 3.08. The number of amides is 2. The van der Waals surface area contributed by atoms with E-state index in [0.29, 0.717) is 35.5 Å². The number of rotatable bonds is 5. The van der Waals surface area contributed by atoms with Crippen molar-refractivity contribution < 1.29 is 18.7 Å². The molecule has 0 bridgehead atoms. The van der Waals surface area contributed by atoms with Crippen LogP contribution in [0.3, 0.4) is 0 Å². The van der Waals surface area contributed by atoms with Crippen LogP contribution in [0.15, 0.2) is 59.0 Å². The smallest absolute Gasteiger partial charge is 0.291 e. The Kier molecular flexibility index (Phi) is 5.02. The zero-order valence-corrected chi connectivity index (χ0v) is 15.7. The molecule has 28 heavy (non-hydrogen) atoms. The molecule has 0 unspecified atom stereocenters. The number of hydrogen-bond donors (Lipinski definition) is 1. The minimum absolute atomic E-state index is 0.170. The van der Waals surface area contributed by atoms with E-state index in [4.69, 9.17) is 9.15 Å². The minimum Gasteiger partial charge on any atom is -0.481 e. The van der Waals surface area contributed by atoms with E-state index in [1.807, 2.05) is 36.4 Å². The maximum Gasteiger partial charge on any atom is 0.291 e. The first-order chi connectivity index (χ1) is 13.6. The molecule has 3 aromatic rings. The van der Waals surface area contributed by atoms with Crippen LogP contribution in [0.5, 0.6) is 5.75 Å². The van der Waals surface area contributed by atoms with Crippen molar-refractivity contribution in [3.05, 3.63) is 60.4 Å². The molecule has 1 aliphatic rings. The largest absolute Gasteiger partial charge is 0.481 e. The summed E-state index contributed by atoms with van der Waals surface area (Å²) in [5, 5.41) is 3.55. The molecule has 1 aromatic heterocycles. The van der Waals surface area contributed by atoms with Crippen LogP contribution < -0.4 is 10.1 Å². The van der Waals surface area contributed by atoms with Gasteiger partial charge in [-0.2, -0.15) is 0 Å². The number of benzene rings is 2. The van der Waals surface area contributed by atoms with Crippen LogP contribution in [0.25, 0.3) is 11.0 Å². The minimum atomic E-state index is -0.731. The fourth-order valence-corrected chi connectivity index (χ4v) is 3.37. The van der Waals surface area contributed by atoms with E-state index in [9.17, 15) is 9.59 Å². The Morgan fingerprint density at radius 1 is 1.04 bits per heavy atom. The van der Waals surface area contributed by atoms with Gasteiger partial charge in [0.25, 0.3) is 11.8 Å². The first kappa shape index (κ1) is 18.1. The lowest BCUT2D eigenvalue weighted by atomic mass is 10.2. The number of ether oxygens (including phenoxy) is 1. The predicted molar refractivity (Wildman–Crippen MR) is 107 cm³/mol. The van der Waals surface area contributed by atoms with Crippen LogP contribution in [-0.2, 0) is 4.79 Å². The molecule has 6 nitrogen and oxygen atoms in total. The van der Waals surface area contributed by atoms with Gasteiger partial charge in [0.15, 0.2) is 6.10 Å². The summed E-state index contributed by atoms with van der Waals surface area (Å²) in [6, 6.07) is 16.5. The first-order valence-electron chi connectivity index (χ1n) is 9.47. The SMILES string of the molecule is C[C@H](Oc1ccccc1)C(=O)Nc1c(C(=O)N2CCCC2)oc2ccccc12. The van der Waals surface area contributed by atoms with E-state index in [-0.39, 0.29) is 17.6 Å². The molecule has 1 N–H and O–H groups in total. The van der Waals surface area contributed by atoms with Gasteiger partial charge >= 0.3 is 0 Å². The summed E-state index contributed by atoms with van der Waals surface area (Å²) < 4.78 is 11.5.